The molecule has 10 nitrogen and oxygen atoms in total. The molecule has 2 aliphatic heterocycles. The summed E-state index contributed by atoms with van der Waals surface area (Å²) in [5.41, 5.74) is 1.51. The molecule has 4 rings (SSSR count). The van der Waals surface area contributed by atoms with Crippen molar-refractivity contribution in [3.05, 3.63) is 54.1 Å². The minimum Gasteiger partial charge on any atom is -0.497 e. The van der Waals surface area contributed by atoms with Crippen LogP contribution in [-0.2, 0) is 19.1 Å². The summed E-state index contributed by atoms with van der Waals surface area (Å²) in [5, 5.41) is 3.17. The van der Waals surface area contributed by atoms with Crippen molar-refractivity contribution < 1.29 is 28.6 Å². The molecule has 37 heavy (non-hydrogen) atoms. The van der Waals surface area contributed by atoms with E-state index in [-0.39, 0.29) is 18.2 Å². The van der Waals surface area contributed by atoms with Crippen LogP contribution in [0.2, 0.25) is 0 Å². The van der Waals surface area contributed by atoms with E-state index in [9.17, 15) is 14.4 Å². The molecular formula is C26H30N4O6S. The van der Waals surface area contributed by atoms with Crippen LogP contribution in [0.4, 0.5) is 11.4 Å². The fraction of sp³-hybridized carbons (Fsp3) is 0.385. The van der Waals surface area contributed by atoms with Gasteiger partial charge in [-0.15, -0.1) is 0 Å². The highest BCUT2D eigenvalue weighted by Crippen LogP contribution is 2.29. The van der Waals surface area contributed by atoms with Gasteiger partial charge in [-0.25, -0.2) is 4.79 Å². The van der Waals surface area contributed by atoms with Gasteiger partial charge in [0.2, 0.25) is 5.91 Å². The number of nitrogens with one attached hydrogen (secondary N) is 1. The van der Waals surface area contributed by atoms with Crippen molar-refractivity contribution in [2.75, 3.05) is 63.8 Å². The fourth-order valence-corrected chi connectivity index (χ4v) is 4.74. The Kier molecular flexibility index (Phi) is 8.70. The summed E-state index contributed by atoms with van der Waals surface area (Å²) >= 11 is 5.74. The number of benzene rings is 2. The maximum absolute atomic E-state index is 13.6. The van der Waals surface area contributed by atoms with Gasteiger partial charge in [0.05, 0.1) is 45.1 Å². The lowest BCUT2D eigenvalue weighted by atomic mass is 10.1. The third kappa shape index (κ3) is 6.24. The van der Waals surface area contributed by atoms with E-state index in [0.29, 0.717) is 54.1 Å². The number of morpholine rings is 1. The standard InChI is InChI=1S/C26H30N4O6S/c1-34-21-9-7-20(8-10-21)30-24(32)22(29(26(30)37)12-11-28-13-15-36-16-14-28)17-23(31)27-19-5-3-18(4-6-19)25(33)35-2/h3-10,22H,11-17H2,1-2H3,(H,27,31)/t22-/m1/s1. The van der Waals surface area contributed by atoms with Gasteiger partial charge in [-0.1, -0.05) is 0 Å². The van der Waals surface area contributed by atoms with Crippen molar-refractivity contribution in [1.82, 2.24) is 9.80 Å². The first kappa shape index (κ1) is 26.5. The molecular weight excluding hydrogens is 496 g/mol. The van der Waals surface area contributed by atoms with Crippen molar-refractivity contribution in [3.8, 4) is 5.75 Å². The Hall–Kier alpha value is -3.54. The second-order valence-electron chi connectivity index (χ2n) is 8.64. The number of rotatable bonds is 9. The molecule has 1 atom stereocenters. The van der Waals surface area contributed by atoms with Crippen molar-refractivity contribution >= 4 is 46.5 Å². The molecule has 2 fully saturated rings. The number of hydrogen-bond acceptors (Lipinski definition) is 8. The predicted octanol–water partition coefficient (Wildman–Crippen LogP) is 2.14. The van der Waals surface area contributed by atoms with E-state index >= 15 is 0 Å². The third-order valence-corrected chi connectivity index (χ3v) is 6.80. The van der Waals surface area contributed by atoms with E-state index in [1.165, 1.54) is 12.0 Å². The predicted molar refractivity (Wildman–Crippen MR) is 142 cm³/mol. The maximum atomic E-state index is 13.6. The van der Waals surface area contributed by atoms with Gasteiger partial charge < -0.3 is 24.4 Å². The van der Waals surface area contributed by atoms with Crippen LogP contribution >= 0.6 is 12.2 Å². The molecule has 0 bridgehead atoms. The van der Waals surface area contributed by atoms with E-state index in [2.05, 4.69) is 10.2 Å². The Morgan fingerprint density at radius 3 is 2.32 bits per heavy atom. The van der Waals surface area contributed by atoms with E-state index in [0.717, 1.165) is 13.1 Å². The zero-order chi connectivity index (χ0) is 26.4. The topological polar surface area (TPSA) is 101 Å². The van der Waals surface area contributed by atoms with E-state index in [1.807, 2.05) is 4.90 Å². The van der Waals surface area contributed by atoms with Crippen LogP contribution < -0.4 is 15.0 Å². The molecule has 0 radical (unpaired) electrons. The molecule has 2 aromatic rings. The van der Waals surface area contributed by atoms with Gasteiger partial charge in [0.15, 0.2) is 5.11 Å². The van der Waals surface area contributed by atoms with Gasteiger partial charge in [0, 0.05) is 31.9 Å². The van der Waals surface area contributed by atoms with Crippen molar-refractivity contribution in [3.63, 3.8) is 0 Å². The van der Waals surface area contributed by atoms with Gasteiger partial charge >= 0.3 is 5.97 Å². The van der Waals surface area contributed by atoms with E-state index in [4.69, 9.17) is 26.4 Å². The monoisotopic (exact) mass is 526 g/mol. The molecule has 1 N–H and O–H groups in total. The summed E-state index contributed by atoms with van der Waals surface area (Å²) in [7, 11) is 2.88. The molecule has 2 heterocycles. The maximum Gasteiger partial charge on any atom is 0.337 e. The Balaban J connectivity index is 1.49. The van der Waals surface area contributed by atoms with Crippen LogP contribution in [0, 0.1) is 0 Å². The largest absolute Gasteiger partial charge is 0.497 e. The van der Waals surface area contributed by atoms with Crippen LogP contribution in [0.25, 0.3) is 0 Å². The molecule has 2 aromatic carbocycles. The highest BCUT2D eigenvalue weighted by molar-refractivity contribution is 7.80. The Labute approximate surface area is 221 Å². The minimum absolute atomic E-state index is 0.0759. The van der Waals surface area contributed by atoms with Gasteiger partial charge in [0.1, 0.15) is 11.8 Å². The number of ether oxygens (including phenoxy) is 3. The molecule has 0 unspecified atom stereocenters. The number of thiocarbonyl (C=S) groups is 1. The lowest BCUT2D eigenvalue weighted by Gasteiger charge is -2.30. The SMILES string of the molecule is COC(=O)c1ccc(NC(=O)C[C@@H]2C(=O)N(c3ccc(OC)cc3)C(=S)N2CCN2CCOCC2)cc1. The van der Waals surface area contributed by atoms with Gasteiger partial charge in [0.25, 0.3) is 5.91 Å². The van der Waals surface area contributed by atoms with Gasteiger partial charge in [-0.05, 0) is 60.7 Å². The molecule has 0 spiro atoms. The van der Waals surface area contributed by atoms with Crippen LogP contribution in [0.1, 0.15) is 16.8 Å². The average Bonchev–Trinajstić information content (AvgIpc) is 3.16. The summed E-state index contributed by atoms with van der Waals surface area (Å²) in [6.07, 6.45) is -0.0759. The average molecular weight is 527 g/mol. The normalized spacial score (nSPS) is 18.2. The number of methoxy groups -OCH3 is 2. The lowest BCUT2D eigenvalue weighted by molar-refractivity contribution is -0.124. The molecule has 196 valence electrons. The van der Waals surface area contributed by atoms with Crippen molar-refractivity contribution in [1.29, 1.82) is 0 Å². The summed E-state index contributed by atoms with van der Waals surface area (Å²) in [4.78, 5) is 43.8. The zero-order valence-corrected chi connectivity index (χ0v) is 21.7. The van der Waals surface area contributed by atoms with Gasteiger partial charge in [-0.3, -0.25) is 19.4 Å². The number of carbonyl (C=O) groups is 3. The molecule has 11 heteroatoms. The molecule has 0 aromatic heterocycles. The molecule has 2 aliphatic rings. The number of nitrogens with zero attached hydrogens (tertiary/aromatic N) is 3. The second kappa shape index (κ2) is 12.1. The molecule has 0 aliphatic carbocycles. The third-order valence-electron chi connectivity index (χ3n) is 6.38. The fourth-order valence-electron chi connectivity index (χ4n) is 4.33. The van der Waals surface area contributed by atoms with E-state index in [1.54, 1.807) is 55.6 Å². The first-order valence-corrected chi connectivity index (χ1v) is 12.4. The quantitative estimate of drug-likeness (QED) is 0.389. The number of hydrogen-bond donors (Lipinski definition) is 1. The Morgan fingerprint density at radius 2 is 1.70 bits per heavy atom. The van der Waals surface area contributed by atoms with Gasteiger partial charge in [-0.2, -0.15) is 0 Å². The zero-order valence-electron chi connectivity index (χ0n) is 20.8. The number of esters is 1. The summed E-state index contributed by atoms with van der Waals surface area (Å²) in [6.45, 7) is 4.15. The first-order valence-electron chi connectivity index (χ1n) is 12.0. The summed E-state index contributed by atoms with van der Waals surface area (Å²) < 4.78 is 15.4. The highest BCUT2D eigenvalue weighted by Gasteiger charge is 2.44. The lowest BCUT2D eigenvalue weighted by Crippen LogP contribution is -2.45. The first-order chi connectivity index (χ1) is 17.9. The number of amides is 2. The summed E-state index contributed by atoms with van der Waals surface area (Å²) in [6, 6.07) is 12.7. The van der Waals surface area contributed by atoms with E-state index < -0.39 is 12.0 Å². The minimum atomic E-state index is -0.745. The second-order valence-corrected chi connectivity index (χ2v) is 9.00. The Bertz CT molecular complexity index is 1130. The molecule has 0 saturated carbocycles. The van der Waals surface area contributed by atoms with Crippen molar-refractivity contribution in [2.24, 2.45) is 0 Å². The van der Waals surface area contributed by atoms with Crippen LogP contribution in [0.5, 0.6) is 5.75 Å². The number of anilines is 2. The number of carbonyl (C=O) groups excluding carboxylic acids is 3. The smallest absolute Gasteiger partial charge is 0.337 e. The van der Waals surface area contributed by atoms with Crippen LogP contribution in [-0.4, -0.2) is 92.4 Å². The summed E-state index contributed by atoms with van der Waals surface area (Å²) in [5.74, 6) is -0.384. The Morgan fingerprint density at radius 1 is 1.03 bits per heavy atom. The van der Waals surface area contributed by atoms with Crippen LogP contribution in [0.3, 0.4) is 0 Å². The molecule has 2 saturated heterocycles. The molecule has 2 amide bonds. The highest BCUT2D eigenvalue weighted by atomic mass is 32.1. The van der Waals surface area contributed by atoms with Crippen molar-refractivity contribution in [2.45, 2.75) is 12.5 Å². The van der Waals surface area contributed by atoms with Crippen LogP contribution in [0.15, 0.2) is 48.5 Å².